The fourth-order valence-electron chi connectivity index (χ4n) is 4.66. The van der Waals surface area contributed by atoms with Crippen LogP contribution in [0.3, 0.4) is 0 Å². The van der Waals surface area contributed by atoms with Crippen LogP contribution in [0, 0.1) is 19.8 Å². The molecule has 1 aromatic heterocycles. The third kappa shape index (κ3) is 5.76. The minimum absolute atomic E-state index is 0.141. The molecule has 0 fully saturated rings. The van der Waals surface area contributed by atoms with Gasteiger partial charge in [0, 0.05) is 29.1 Å². The maximum absolute atomic E-state index is 12.2. The third-order valence-corrected chi connectivity index (χ3v) is 6.82. The Kier molecular flexibility index (Phi) is 8.91. The normalized spacial score (nSPS) is 12.3. The van der Waals surface area contributed by atoms with Crippen molar-refractivity contribution >= 4 is 46.8 Å². The van der Waals surface area contributed by atoms with Crippen molar-refractivity contribution in [3.63, 3.8) is 0 Å². The lowest BCUT2D eigenvalue weighted by molar-refractivity contribution is -0.116. The van der Waals surface area contributed by atoms with E-state index in [0.717, 1.165) is 71.3 Å². The second-order valence-electron chi connectivity index (χ2n) is 9.15. The summed E-state index contributed by atoms with van der Waals surface area (Å²) in [4.78, 5) is 12.2. The number of carbonyl (C=O) groups excluding carboxylic acids is 1. The van der Waals surface area contributed by atoms with E-state index in [2.05, 4.69) is 61.2 Å². The Hall–Kier alpha value is -1.95. The third-order valence-electron chi connectivity index (χ3n) is 6.34. The molecule has 0 saturated carbocycles. The SMILES string of the molecule is CCCNCCC(C)Cn1c(C)cc2c(-c3ccc(Cl)cc3)c(CC(C)=O)c(C)c(NS)c21. The molecular weight excluding hydrogens is 450 g/mol. The highest BCUT2D eigenvalue weighted by Crippen LogP contribution is 2.42. The lowest BCUT2D eigenvalue weighted by atomic mass is 9.88. The molecule has 1 atom stereocenters. The summed E-state index contributed by atoms with van der Waals surface area (Å²) >= 11 is 10.7. The van der Waals surface area contributed by atoms with Crippen LogP contribution in [-0.2, 0) is 17.8 Å². The van der Waals surface area contributed by atoms with Crippen LogP contribution >= 0.6 is 24.4 Å². The van der Waals surface area contributed by atoms with Crippen LogP contribution in [-0.4, -0.2) is 23.4 Å². The molecule has 33 heavy (non-hydrogen) atoms. The highest BCUT2D eigenvalue weighted by atomic mass is 35.5. The number of nitrogens with one attached hydrogen (secondary N) is 2. The molecule has 0 aliphatic rings. The average molecular weight is 486 g/mol. The maximum atomic E-state index is 12.2. The summed E-state index contributed by atoms with van der Waals surface area (Å²) in [6.07, 6.45) is 2.65. The van der Waals surface area contributed by atoms with Crippen molar-refractivity contribution < 1.29 is 4.79 Å². The zero-order valence-electron chi connectivity index (χ0n) is 20.4. The first-order valence-electron chi connectivity index (χ1n) is 11.8. The number of halogens is 1. The van der Waals surface area contributed by atoms with Gasteiger partial charge in [0.1, 0.15) is 5.78 Å². The van der Waals surface area contributed by atoms with Crippen LogP contribution < -0.4 is 10.0 Å². The van der Waals surface area contributed by atoms with Crippen molar-refractivity contribution in [1.29, 1.82) is 0 Å². The topological polar surface area (TPSA) is 46.1 Å². The maximum Gasteiger partial charge on any atom is 0.134 e. The van der Waals surface area contributed by atoms with Gasteiger partial charge in [-0.05, 0) is 93.1 Å². The molecule has 0 aliphatic carbocycles. The van der Waals surface area contributed by atoms with Gasteiger partial charge in [0.2, 0.25) is 0 Å². The molecule has 0 amide bonds. The molecule has 0 radical (unpaired) electrons. The zero-order chi connectivity index (χ0) is 24.1. The summed E-state index contributed by atoms with van der Waals surface area (Å²) < 4.78 is 5.56. The second kappa shape index (κ2) is 11.5. The van der Waals surface area contributed by atoms with E-state index < -0.39 is 0 Å². The quantitative estimate of drug-likeness (QED) is 0.202. The monoisotopic (exact) mass is 485 g/mol. The van der Waals surface area contributed by atoms with Crippen molar-refractivity contribution in [2.75, 3.05) is 17.8 Å². The predicted molar refractivity (Wildman–Crippen MR) is 146 cm³/mol. The van der Waals surface area contributed by atoms with Gasteiger partial charge in [-0.25, -0.2) is 0 Å². The van der Waals surface area contributed by atoms with Crippen LogP contribution in [0.1, 0.15) is 50.4 Å². The number of hydrogen-bond donors (Lipinski definition) is 3. The summed E-state index contributed by atoms with van der Waals surface area (Å²) in [5.41, 5.74) is 7.62. The molecule has 2 aromatic carbocycles. The molecular formula is C27H36ClN3OS. The summed E-state index contributed by atoms with van der Waals surface area (Å²) in [5.74, 6) is 0.662. The Balaban J connectivity index is 2.18. The number of fused-ring (bicyclic) bond motifs is 1. The van der Waals surface area contributed by atoms with Gasteiger partial charge in [-0.15, -0.1) is 0 Å². The zero-order valence-corrected chi connectivity index (χ0v) is 22.0. The Bertz CT molecular complexity index is 1120. The van der Waals surface area contributed by atoms with Gasteiger partial charge >= 0.3 is 0 Å². The van der Waals surface area contributed by atoms with Gasteiger partial charge in [-0.2, -0.15) is 0 Å². The number of nitrogens with zero attached hydrogens (tertiary/aromatic N) is 1. The molecule has 3 aromatic rings. The highest BCUT2D eigenvalue weighted by molar-refractivity contribution is 7.81. The Morgan fingerprint density at radius 1 is 1.18 bits per heavy atom. The van der Waals surface area contributed by atoms with E-state index in [1.54, 1.807) is 6.92 Å². The number of thiol groups is 1. The molecule has 2 N–H and O–H groups in total. The van der Waals surface area contributed by atoms with Gasteiger partial charge in [0.05, 0.1) is 11.2 Å². The predicted octanol–water partition coefficient (Wildman–Crippen LogP) is 6.99. The van der Waals surface area contributed by atoms with Gasteiger partial charge in [-0.1, -0.05) is 50.4 Å². The minimum Gasteiger partial charge on any atom is -0.343 e. The lowest BCUT2D eigenvalue weighted by Gasteiger charge is -2.21. The van der Waals surface area contributed by atoms with Crippen LogP contribution in [0.4, 0.5) is 5.69 Å². The molecule has 0 bridgehead atoms. The van der Waals surface area contributed by atoms with Crippen molar-refractivity contribution in [3.05, 3.63) is 52.2 Å². The number of aromatic nitrogens is 1. The molecule has 0 saturated heterocycles. The van der Waals surface area contributed by atoms with Gasteiger partial charge in [0.15, 0.2) is 0 Å². The van der Waals surface area contributed by atoms with Crippen LogP contribution in [0.2, 0.25) is 5.02 Å². The second-order valence-corrected chi connectivity index (χ2v) is 9.81. The number of rotatable bonds is 11. The van der Waals surface area contributed by atoms with Crippen LogP contribution in [0.25, 0.3) is 22.0 Å². The summed E-state index contributed by atoms with van der Waals surface area (Å²) in [6.45, 7) is 13.4. The van der Waals surface area contributed by atoms with E-state index in [4.69, 9.17) is 11.6 Å². The number of ketones is 1. The molecule has 1 unspecified atom stereocenters. The van der Waals surface area contributed by atoms with Crippen LogP contribution in [0.15, 0.2) is 30.3 Å². The van der Waals surface area contributed by atoms with E-state index >= 15 is 0 Å². The Morgan fingerprint density at radius 3 is 2.48 bits per heavy atom. The van der Waals surface area contributed by atoms with Crippen molar-refractivity contribution in [3.8, 4) is 11.1 Å². The largest absolute Gasteiger partial charge is 0.343 e. The lowest BCUT2D eigenvalue weighted by Crippen LogP contribution is -2.20. The van der Waals surface area contributed by atoms with Crippen molar-refractivity contribution in [2.45, 2.75) is 60.4 Å². The van der Waals surface area contributed by atoms with Gasteiger partial charge < -0.3 is 14.6 Å². The number of benzene rings is 2. The van der Waals surface area contributed by atoms with Gasteiger partial charge in [-0.3, -0.25) is 4.79 Å². The smallest absolute Gasteiger partial charge is 0.134 e. The number of aryl methyl sites for hydroxylation is 1. The fraction of sp³-hybridized carbons (Fsp3) is 0.444. The van der Waals surface area contributed by atoms with E-state index in [-0.39, 0.29) is 5.78 Å². The standard InChI is InChI=1S/C27H36ClN3OS/c1-6-12-29-13-11-17(2)16-31-18(3)14-24-25(21-7-9-22(28)10-8-21)23(15-19(4)32)20(5)26(30-33)27(24)31/h7-10,14,17,29-30,33H,6,11-13,15-16H2,1-5H3. The number of Topliss-reactive ketones (excluding diaryl/α,β-unsaturated/α-hetero) is 1. The summed E-state index contributed by atoms with van der Waals surface area (Å²) in [5, 5.41) is 5.36. The molecule has 178 valence electrons. The summed E-state index contributed by atoms with van der Waals surface area (Å²) in [6, 6.07) is 10.2. The molecule has 3 rings (SSSR count). The minimum atomic E-state index is 0.141. The van der Waals surface area contributed by atoms with Crippen molar-refractivity contribution in [2.24, 2.45) is 5.92 Å². The van der Waals surface area contributed by atoms with E-state index in [0.29, 0.717) is 17.4 Å². The summed E-state index contributed by atoms with van der Waals surface area (Å²) in [7, 11) is 0. The first-order chi connectivity index (χ1) is 15.8. The van der Waals surface area contributed by atoms with Gasteiger partial charge in [0.25, 0.3) is 0 Å². The average Bonchev–Trinajstić information content (AvgIpc) is 3.08. The number of hydrogen-bond acceptors (Lipinski definition) is 4. The number of carbonyl (C=O) groups is 1. The van der Waals surface area contributed by atoms with Crippen molar-refractivity contribution in [1.82, 2.24) is 9.88 Å². The fourth-order valence-corrected chi connectivity index (χ4v) is 5.06. The van der Waals surface area contributed by atoms with E-state index in [1.807, 2.05) is 24.3 Å². The van der Waals surface area contributed by atoms with Crippen LogP contribution in [0.5, 0.6) is 0 Å². The number of anilines is 1. The van der Waals surface area contributed by atoms with E-state index in [1.165, 1.54) is 5.69 Å². The molecule has 0 spiro atoms. The first-order valence-corrected chi connectivity index (χ1v) is 12.6. The Labute approximate surface area is 208 Å². The molecule has 4 nitrogen and oxygen atoms in total. The molecule has 6 heteroatoms. The highest BCUT2D eigenvalue weighted by Gasteiger charge is 2.23. The van der Waals surface area contributed by atoms with E-state index in [9.17, 15) is 4.79 Å². The first kappa shape index (κ1) is 25.7. The molecule has 1 heterocycles. The molecule has 0 aliphatic heterocycles. The Morgan fingerprint density at radius 2 is 1.88 bits per heavy atom.